The summed E-state index contributed by atoms with van der Waals surface area (Å²) >= 11 is 0. The number of likely N-dealkylation sites (tertiary alicyclic amines) is 2. The molecule has 3 heterocycles. The number of ether oxygens (including phenoxy) is 1. The summed E-state index contributed by atoms with van der Waals surface area (Å²) in [5, 5.41) is 0. The minimum Gasteiger partial charge on any atom is -0.471 e. The second kappa shape index (κ2) is 6.29. The first-order valence-corrected chi connectivity index (χ1v) is 7.59. The van der Waals surface area contributed by atoms with Crippen LogP contribution in [0.3, 0.4) is 0 Å². The molecule has 7 heteroatoms. The van der Waals surface area contributed by atoms with Crippen LogP contribution in [0.1, 0.15) is 19.3 Å². The van der Waals surface area contributed by atoms with Crippen LogP contribution in [0.15, 0.2) is 18.6 Å². The Morgan fingerprint density at radius 1 is 1.36 bits per heavy atom. The fourth-order valence-electron chi connectivity index (χ4n) is 3.04. The van der Waals surface area contributed by atoms with E-state index < -0.39 is 0 Å². The topological polar surface area (TPSA) is 75.6 Å². The summed E-state index contributed by atoms with van der Waals surface area (Å²) in [6.07, 6.45) is 6.80. The molecule has 0 bridgehead atoms. The Bertz CT molecular complexity index is 551. The fourth-order valence-corrected chi connectivity index (χ4v) is 3.04. The molecule has 0 unspecified atom stereocenters. The van der Waals surface area contributed by atoms with E-state index in [1.54, 1.807) is 30.5 Å². The quantitative estimate of drug-likeness (QED) is 0.804. The minimum absolute atomic E-state index is 0.0442. The summed E-state index contributed by atoms with van der Waals surface area (Å²) in [5.74, 6) is 0.373. The predicted octanol–water partition coefficient (Wildman–Crippen LogP) is 0.325. The van der Waals surface area contributed by atoms with Gasteiger partial charge in [0.2, 0.25) is 17.7 Å². The number of amides is 2. The first-order valence-electron chi connectivity index (χ1n) is 7.59. The molecule has 2 fully saturated rings. The van der Waals surface area contributed by atoms with Crippen molar-refractivity contribution >= 4 is 11.8 Å². The maximum atomic E-state index is 12.6. The fraction of sp³-hybridized carbons (Fsp3) is 0.600. The van der Waals surface area contributed by atoms with E-state index in [2.05, 4.69) is 9.97 Å². The third-order valence-corrected chi connectivity index (χ3v) is 4.21. The molecule has 2 aliphatic heterocycles. The van der Waals surface area contributed by atoms with Crippen LogP contribution >= 0.6 is 0 Å². The van der Waals surface area contributed by atoms with Crippen molar-refractivity contribution in [3.05, 3.63) is 18.6 Å². The molecule has 2 saturated heterocycles. The van der Waals surface area contributed by atoms with Crippen LogP contribution in [0.2, 0.25) is 0 Å². The Morgan fingerprint density at radius 2 is 2.23 bits per heavy atom. The lowest BCUT2D eigenvalue weighted by molar-refractivity contribution is -0.138. The Hall–Kier alpha value is -2.18. The molecule has 0 N–H and O–H groups in total. The highest BCUT2D eigenvalue weighted by molar-refractivity contribution is 5.89. The van der Waals surface area contributed by atoms with Crippen LogP contribution in [0, 0.1) is 5.92 Å². The van der Waals surface area contributed by atoms with Gasteiger partial charge >= 0.3 is 0 Å². The van der Waals surface area contributed by atoms with Gasteiger partial charge in [-0.05, 0) is 12.8 Å². The van der Waals surface area contributed by atoms with E-state index >= 15 is 0 Å². The second-order valence-corrected chi connectivity index (χ2v) is 5.89. The van der Waals surface area contributed by atoms with Gasteiger partial charge in [-0.15, -0.1) is 0 Å². The van der Waals surface area contributed by atoms with E-state index in [-0.39, 0.29) is 23.8 Å². The van der Waals surface area contributed by atoms with E-state index in [1.807, 2.05) is 4.90 Å². The van der Waals surface area contributed by atoms with Crippen molar-refractivity contribution in [1.82, 2.24) is 19.8 Å². The smallest absolute Gasteiger partial charge is 0.232 e. The first-order chi connectivity index (χ1) is 10.6. The number of hydrogen-bond acceptors (Lipinski definition) is 5. The molecule has 1 aromatic rings. The third kappa shape index (κ3) is 3.18. The SMILES string of the molecule is CN1C[C@@H](C(=O)N2CCC[C@@H](Oc3cnccn3)C2)CC1=O. The molecule has 2 amide bonds. The van der Waals surface area contributed by atoms with Gasteiger partial charge in [0.1, 0.15) is 6.10 Å². The molecule has 3 rings (SSSR count). The predicted molar refractivity (Wildman–Crippen MR) is 78.0 cm³/mol. The summed E-state index contributed by atoms with van der Waals surface area (Å²) in [6.45, 7) is 1.79. The molecule has 0 saturated carbocycles. The molecule has 2 aliphatic rings. The van der Waals surface area contributed by atoms with E-state index in [1.165, 1.54) is 0 Å². The maximum absolute atomic E-state index is 12.6. The minimum atomic E-state index is -0.215. The van der Waals surface area contributed by atoms with E-state index in [0.29, 0.717) is 25.4 Å². The highest BCUT2D eigenvalue weighted by atomic mass is 16.5. The maximum Gasteiger partial charge on any atom is 0.232 e. The van der Waals surface area contributed by atoms with Gasteiger partial charge in [0, 0.05) is 39.0 Å². The first kappa shape index (κ1) is 14.7. The van der Waals surface area contributed by atoms with Gasteiger partial charge in [0.15, 0.2) is 0 Å². The lowest BCUT2D eigenvalue weighted by Gasteiger charge is -2.33. The van der Waals surface area contributed by atoms with Crippen molar-refractivity contribution in [2.24, 2.45) is 5.92 Å². The van der Waals surface area contributed by atoms with Crippen LogP contribution in [-0.2, 0) is 9.59 Å². The number of carbonyl (C=O) groups excluding carboxylic acids is 2. The Balaban J connectivity index is 1.58. The lowest BCUT2D eigenvalue weighted by atomic mass is 10.0. The van der Waals surface area contributed by atoms with Crippen molar-refractivity contribution in [2.75, 3.05) is 26.7 Å². The van der Waals surface area contributed by atoms with Crippen molar-refractivity contribution < 1.29 is 14.3 Å². The summed E-state index contributed by atoms with van der Waals surface area (Å²) in [7, 11) is 1.74. The average molecular weight is 304 g/mol. The Morgan fingerprint density at radius 3 is 2.91 bits per heavy atom. The van der Waals surface area contributed by atoms with Gasteiger partial charge in [-0.25, -0.2) is 4.98 Å². The number of aromatic nitrogens is 2. The third-order valence-electron chi connectivity index (χ3n) is 4.21. The molecule has 0 aliphatic carbocycles. The van der Waals surface area contributed by atoms with E-state index in [4.69, 9.17) is 4.74 Å². The standard InChI is InChI=1S/C15H20N4O3/c1-18-9-11(7-14(18)20)15(21)19-6-2-3-12(10-19)22-13-8-16-4-5-17-13/h4-5,8,11-12H,2-3,6-7,9-10H2,1H3/t11-,12+/m0/s1. The zero-order valence-corrected chi connectivity index (χ0v) is 12.6. The largest absolute Gasteiger partial charge is 0.471 e. The number of carbonyl (C=O) groups is 2. The van der Waals surface area contributed by atoms with Crippen LogP contribution in [0.5, 0.6) is 5.88 Å². The normalized spacial score (nSPS) is 25.4. The Kier molecular flexibility index (Phi) is 4.22. The van der Waals surface area contributed by atoms with Crippen LogP contribution in [0.25, 0.3) is 0 Å². The van der Waals surface area contributed by atoms with E-state index in [0.717, 1.165) is 19.4 Å². The summed E-state index contributed by atoms with van der Waals surface area (Å²) in [5.41, 5.74) is 0. The van der Waals surface area contributed by atoms with Crippen molar-refractivity contribution in [3.63, 3.8) is 0 Å². The molecular weight excluding hydrogens is 284 g/mol. The second-order valence-electron chi connectivity index (χ2n) is 5.89. The molecular formula is C15H20N4O3. The molecule has 118 valence electrons. The van der Waals surface area contributed by atoms with Crippen LogP contribution < -0.4 is 4.74 Å². The number of nitrogens with zero attached hydrogens (tertiary/aromatic N) is 4. The number of hydrogen-bond donors (Lipinski definition) is 0. The molecule has 0 radical (unpaired) electrons. The van der Waals surface area contributed by atoms with Gasteiger partial charge in [0.05, 0.1) is 18.7 Å². The van der Waals surface area contributed by atoms with Gasteiger partial charge in [0.25, 0.3) is 0 Å². The lowest BCUT2D eigenvalue weighted by Crippen LogP contribution is -2.47. The highest BCUT2D eigenvalue weighted by Gasteiger charge is 2.36. The summed E-state index contributed by atoms with van der Waals surface area (Å²) < 4.78 is 5.80. The molecule has 0 aromatic carbocycles. The highest BCUT2D eigenvalue weighted by Crippen LogP contribution is 2.22. The van der Waals surface area contributed by atoms with Crippen molar-refractivity contribution in [2.45, 2.75) is 25.4 Å². The molecule has 1 aromatic heterocycles. The van der Waals surface area contributed by atoms with Gasteiger partial charge in [-0.1, -0.05) is 0 Å². The van der Waals surface area contributed by atoms with E-state index in [9.17, 15) is 9.59 Å². The molecule has 0 spiro atoms. The number of rotatable bonds is 3. The van der Waals surface area contributed by atoms with Crippen molar-refractivity contribution in [3.8, 4) is 5.88 Å². The average Bonchev–Trinajstić information content (AvgIpc) is 2.87. The Labute approximate surface area is 129 Å². The van der Waals surface area contributed by atoms with Gasteiger partial charge in [-0.3, -0.25) is 14.6 Å². The van der Waals surface area contributed by atoms with Gasteiger partial charge in [-0.2, -0.15) is 0 Å². The van der Waals surface area contributed by atoms with Crippen molar-refractivity contribution in [1.29, 1.82) is 0 Å². The zero-order chi connectivity index (χ0) is 15.5. The van der Waals surface area contributed by atoms with Gasteiger partial charge < -0.3 is 14.5 Å². The molecule has 2 atom stereocenters. The summed E-state index contributed by atoms with van der Waals surface area (Å²) in [6, 6.07) is 0. The monoisotopic (exact) mass is 304 g/mol. The number of piperidine rings is 1. The van der Waals surface area contributed by atoms with Crippen LogP contribution in [0.4, 0.5) is 0 Å². The molecule has 22 heavy (non-hydrogen) atoms. The zero-order valence-electron chi connectivity index (χ0n) is 12.6. The molecule has 7 nitrogen and oxygen atoms in total. The van der Waals surface area contributed by atoms with Crippen LogP contribution in [-0.4, -0.2) is 64.4 Å². The summed E-state index contributed by atoms with van der Waals surface area (Å²) in [4.78, 5) is 35.7.